The zero-order chi connectivity index (χ0) is 13.9. The molecule has 3 rings (SSSR count). The molecule has 3 heteroatoms. The van der Waals surface area contributed by atoms with Crippen LogP contribution in [-0.4, -0.2) is 17.9 Å². The van der Waals surface area contributed by atoms with Crippen LogP contribution in [0.2, 0.25) is 0 Å². The molecule has 0 radical (unpaired) electrons. The fourth-order valence-corrected chi connectivity index (χ4v) is 2.27. The fourth-order valence-electron chi connectivity index (χ4n) is 2.27. The molecule has 0 bridgehead atoms. The van der Waals surface area contributed by atoms with Crippen molar-refractivity contribution in [2.75, 3.05) is 7.11 Å². The molecule has 2 aromatic carbocycles. The summed E-state index contributed by atoms with van der Waals surface area (Å²) in [5.74, 6) is 0.527. The van der Waals surface area contributed by atoms with Gasteiger partial charge in [0.1, 0.15) is 5.75 Å². The highest BCUT2D eigenvalue weighted by Crippen LogP contribution is 2.24. The van der Waals surface area contributed by atoms with Gasteiger partial charge in [0.25, 0.3) is 0 Å². The summed E-state index contributed by atoms with van der Waals surface area (Å²) in [5.41, 5.74) is 2.01. The summed E-state index contributed by atoms with van der Waals surface area (Å²) >= 11 is 0. The maximum Gasteiger partial charge on any atom is 0.197 e. The first-order valence-corrected chi connectivity index (χ1v) is 6.33. The van der Waals surface area contributed by atoms with Crippen molar-refractivity contribution in [2.24, 2.45) is 0 Å². The molecule has 3 nitrogen and oxygen atoms in total. The number of hydrogen-bond donors (Lipinski definition) is 0. The molecule has 0 unspecified atom stereocenters. The van der Waals surface area contributed by atoms with Crippen molar-refractivity contribution < 1.29 is 9.53 Å². The Labute approximate surface area is 116 Å². The topological polar surface area (TPSA) is 39.2 Å². The molecule has 3 aromatic rings. The number of carbonyl (C=O) groups excluding carboxylic acids is 1. The van der Waals surface area contributed by atoms with Crippen LogP contribution in [0, 0.1) is 0 Å². The number of ether oxygens (including phenoxy) is 1. The van der Waals surface area contributed by atoms with Crippen molar-refractivity contribution in [3.05, 3.63) is 71.9 Å². The zero-order valence-electron chi connectivity index (χ0n) is 11.0. The van der Waals surface area contributed by atoms with Crippen molar-refractivity contribution in [1.29, 1.82) is 0 Å². The maximum absolute atomic E-state index is 12.7. The largest absolute Gasteiger partial charge is 0.496 e. The molecule has 1 aromatic heterocycles. The number of aromatic nitrogens is 1. The minimum Gasteiger partial charge on any atom is -0.496 e. The van der Waals surface area contributed by atoms with Gasteiger partial charge < -0.3 is 4.74 Å². The minimum absolute atomic E-state index is 0.0546. The normalized spacial score (nSPS) is 10.4. The Morgan fingerprint density at radius 3 is 2.55 bits per heavy atom. The number of benzene rings is 2. The lowest BCUT2D eigenvalue weighted by molar-refractivity contribution is 0.103. The van der Waals surface area contributed by atoms with Crippen molar-refractivity contribution in [3.8, 4) is 5.75 Å². The van der Waals surface area contributed by atoms with Crippen molar-refractivity contribution in [2.45, 2.75) is 0 Å². The van der Waals surface area contributed by atoms with Crippen molar-refractivity contribution in [3.63, 3.8) is 0 Å². The van der Waals surface area contributed by atoms with Gasteiger partial charge in [-0.2, -0.15) is 0 Å². The molecule has 20 heavy (non-hydrogen) atoms. The van der Waals surface area contributed by atoms with Crippen LogP contribution in [-0.2, 0) is 0 Å². The van der Waals surface area contributed by atoms with Crippen LogP contribution < -0.4 is 4.74 Å². The van der Waals surface area contributed by atoms with Crippen LogP contribution in [0.15, 0.2) is 60.8 Å². The number of ketones is 1. The Morgan fingerprint density at radius 2 is 1.70 bits per heavy atom. The third kappa shape index (κ3) is 2.03. The summed E-state index contributed by atoms with van der Waals surface area (Å²) < 4.78 is 5.26. The Bertz CT molecular complexity index is 775. The second-order valence-corrected chi connectivity index (χ2v) is 4.41. The lowest BCUT2D eigenvalue weighted by Crippen LogP contribution is -2.05. The summed E-state index contributed by atoms with van der Waals surface area (Å²) in [6, 6.07) is 16.6. The van der Waals surface area contributed by atoms with E-state index >= 15 is 0 Å². The van der Waals surface area contributed by atoms with Crippen molar-refractivity contribution >= 4 is 16.7 Å². The second-order valence-electron chi connectivity index (χ2n) is 4.41. The molecule has 1 heterocycles. The first-order chi connectivity index (χ1) is 9.81. The number of rotatable bonds is 3. The summed E-state index contributed by atoms with van der Waals surface area (Å²) in [7, 11) is 1.57. The lowest BCUT2D eigenvalue weighted by Gasteiger charge is -2.09. The number of methoxy groups -OCH3 is 1. The first-order valence-electron chi connectivity index (χ1n) is 6.33. The molecule has 0 atom stereocenters. The summed E-state index contributed by atoms with van der Waals surface area (Å²) in [6.45, 7) is 0. The predicted octanol–water partition coefficient (Wildman–Crippen LogP) is 3.47. The average molecular weight is 263 g/mol. The SMILES string of the molecule is COc1ccccc1C(=O)c1ccnc2ccccc12. The summed E-state index contributed by atoms with van der Waals surface area (Å²) in [5, 5.41) is 0.853. The molecule has 0 aliphatic heterocycles. The van der Waals surface area contributed by atoms with E-state index in [0.717, 1.165) is 10.9 Å². The van der Waals surface area contributed by atoms with Crippen molar-refractivity contribution in [1.82, 2.24) is 4.98 Å². The molecule has 0 aliphatic rings. The Hall–Kier alpha value is -2.68. The smallest absolute Gasteiger partial charge is 0.197 e. The van der Waals surface area contributed by atoms with Crippen LogP contribution in [0.1, 0.15) is 15.9 Å². The monoisotopic (exact) mass is 263 g/mol. The van der Waals surface area contributed by atoms with Crippen LogP contribution in [0.25, 0.3) is 10.9 Å². The van der Waals surface area contributed by atoms with E-state index in [2.05, 4.69) is 4.98 Å². The fraction of sp³-hybridized carbons (Fsp3) is 0.0588. The van der Waals surface area contributed by atoms with Gasteiger partial charge in [-0.15, -0.1) is 0 Å². The maximum atomic E-state index is 12.7. The third-order valence-corrected chi connectivity index (χ3v) is 3.25. The Balaban J connectivity index is 2.18. The van der Waals surface area contributed by atoms with E-state index < -0.39 is 0 Å². The molecule has 0 saturated carbocycles. The molecule has 0 fully saturated rings. The van der Waals surface area contributed by atoms with Crippen LogP contribution >= 0.6 is 0 Å². The molecule has 98 valence electrons. The number of hydrogen-bond acceptors (Lipinski definition) is 3. The van der Waals surface area contributed by atoms with Gasteiger partial charge >= 0.3 is 0 Å². The van der Waals surface area contributed by atoms with E-state index in [1.807, 2.05) is 36.4 Å². The molecular formula is C17H13NO2. The van der Waals surface area contributed by atoms with Gasteiger partial charge in [-0.3, -0.25) is 9.78 Å². The highest BCUT2D eigenvalue weighted by molar-refractivity contribution is 6.17. The number of pyridine rings is 1. The number of nitrogens with zero attached hydrogens (tertiary/aromatic N) is 1. The van der Waals surface area contributed by atoms with E-state index in [1.165, 1.54) is 0 Å². The highest BCUT2D eigenvalue weighted by atomic mass is 16.5. The highest BCUT2D eigenvalue weighted by Gasteiger charge is 2.16. The van der Waals surface area contributed by atoms with Crippen LogP contribution in [0.4, 0.5) is 0 Å². The lowest BCUT2D eigenvalue weighted by atomic mass is 9.99. The minimum atomic E-state index is -0.0546. The molecule has 0 N–H and O–H groups in total. The third-order valence-electron chi connectivity index (χ3n) is 3.25. The first kappa shape index (κ1) is 12.4. The van der Waals surface area contributed by atoms with Gasteiger partial charge in [-0.1, -0.05) is 30.3 Å². The predicted molar refractivity (Wildman–Crippen MR) is 78.2 cm³/mol. The van der Waals surface area contributed by atoms with Crippen LogP contribution in [0.5, 0.6) is 5.75 Å². The van der Waals surface area contributed by atoms with Gasteiger partial charge in [0, 0.05) is 17.1 Å². The van der Waals surface area contributed by atoms with Gasteiger partial charge in [0.15, 0.2) is 5.78 Å². The van der Waals surface area contributed by atoms with Crippen LogP contribution in [0.3, 0.4) is 0 Å². The summed E-state index contributed by atoms with van der Waals surface area (Å²) in [4.78, 5) is 17.0. The summed E-state index contributed by atoms with van der Waals surface area (Å²) in [6.07, 6.45) is 1.66. The zero-order valence-corrected chi connectivity index (χ0v) is 11.0. The van der Waals surface area contributed by atoms with E-state index in [-0.39, 0.29) is 5.78 Å². The Morgan fingerprint density at radius 1 is 0.950 bits per heavy atom. The van der Waals surface area contributed by atoms with E-state index in [9.17, 15) is 4.79 Å². The quantitative estimate of drug-likeness (QED) is 0.679. The molecule has 0 amide bonds. The number of carbonyl (C=O) groups is 1. The average Bonchev–Trinajstić information content (AvgIpc) is 2.53. The van der Waals surface area contributed by atoms with Gasteiger partial charge in [0.2, 0.25) is 0 Å². The van der Waals surface area contributed by atoms with E-state index in [1.54, 1.807) is 31.5 Å². The number of para-hydroxylation sites is 2. The number of fused-ring (bicyclic) bond motifs is 1. The van der Waals surface area contributed by atoms with Gasteiger partial charge in [-0.25, -0.2) is 0 Å². The molecule has 0 spiro atoms. The van der Waals surface area contributed by atoms with Gasteiger partial charge in [0.05, 0.1) is 18.2 Å². The second kappa shape index (κ2) is 5.13. The molecule has 0 aliphatic carbocycles. The van der Waals surface area contributed by atoms with Gasteiger partial charge in [-0.05, 0) is 24.3 Å². The molecule has 0 saturated heterocycles. The van der Waals surface area contributed by atoms with E-state index in [4.69, 9.17) is 4.74 Å². The molecular weight excluding hydrogens is 250 g/mol. The Kier molecular flexibility index (Phi) is 3.17. The standard InChI is InChI=1S/C17H13NO2/c1-20-16-9-5-3-7-14(16)17(19)13-10-11-18-15-8-4-2-6-12(13)15/h2-11H,1H3. The van der Waals surface area contributed by atoms with E-state index in [0.29, 0.717) is 16.9 Å².